The van der Waals surface area contributed by atoms with Gasteiger partial charge in [0.05, 0.1) is 0 Å². The van der Waals surface area contributed by atoms with Gasteiger partial charge in [0, 0.05) is 24.8 Å². The van der Waals surface area contributed by atoms with Crippen molar-refractivity contribution in [3.8, 4) is 11.4 Å². The molecule has 23 heavy (non-hydrogen) atoms. The fourth-order valence-corrected chi connectivity index (χ4v) is 2.84. The average molecular weight is 315 g/mol. The van der Waals surface area contributed by atoms with Crippen molar-refractivity contribution < 1.29 is 14.1 Å². The molecule has 2 fully saturated rings. The van der Waals surface area contributed by atoms with Crippen molar-refractivity contribution in [1.82, 2.24) is 20.4 Å². The van der Waals surface area contributed by atoms with E-state index < -0.39 is 6.09 Å². The zero-order valence-electron chi connectivity index (χ0n) is 12.6. The lowest BCUT2D eigenvalue weighted by atomic mass is 10.1. The van der Waals surface area contributed by atoms with Crippen LogP contribution in [0.5, 0.6) is 0 Å². The number of hydrogen-bond donors (Lipinski definition) is 1. The van der Waals surface area contributed by atoms with Gasteiger partial charge < -0.3 is 19.5 Å². The van der Waals surface area contributed by atoms with Crippen LogP contribution in [-0.4, -0.2) is 40.9 Å². The van der Waals surface area contributed by atoms with Crippen LogP contribution in [0.4, 0.5) is 10.6 Å². The summed E-state index contributed by atoms with van der Waals surface area (Å²) in [6.45, 7) is 2.31. The van der Waals surface area contributed by atoms with Gasteiger partial charge in [0.15, 0.2) is 0 Å². The molecule has 1 amide bonds. The number of anilines is 1. The van der Waals surface area contributed by atoms with E-state index in [0.717, 1.165) is 24.5 Å². The predicted octanol–water partition coefficient (Wildman–Crippen LogP) is 1.90. The van der Waals surface area contributed by atoms with Crippen LogP contribution in [-0.2, 0) is 4.74 Å². The topological polar surface area (TPSA) is 93.4 Å². The third-order valence-corrected chi connectivity index (χ3v) is 4.10. The lowest BCUT2D eigenvalue weighted by molar-refractivity contribution is 0.176. The van der Waals surface area contributed by atoms with E-state index in [1.54, 1.807) is 6.20 Å². The van der Waals surface area contributed by atoms with Crippen molar-refractivity contribution in [2.45, 2.75) is 25.3 Å². The molecule has 8 heteroatoms. The maximum atomic E-state index is 11.1. The smallest absolute Gasteiger partial charge is 0.407 e. The highest BCUT2D eigenvalue weighted by Crippen LogP contribution is 2.23. The Morgan fingerprint density at radius 3 is 2.78 bits per heavy atom. The van der Waals surface area contributed by atoms with Crippen LogP contribution in [0.2, 0.25) is 0 Å². The normalized spacial score (nSPS) is 21.1. The van der Waals surface area contributed by atoms with Gasteiger partial charge in [-0.05, 0) is 31.4 Å². The fourth-order valence-electron chi connectivity index (χ4n) is 2.84. The number of nitrogens with one attached hydrogen (secondary N) is 1. The number of hydrogen-bond acceptors (Lipinski definition) is 7. The molecule has 0 saturated carbocycles. The van der Waals surface area contributed by atoms with E-state index in [1.165, 1.54) is 19.3 Å². The number of carbonyl (C=O) groups is 1. The Labute approximate surface area is 132 Å². The zero-order valence-corrected chi connectivity index (χ0v) is 12.6. The largest absolute Gasteiger partial charge is 0.447 e. The number of alkyl carbamates (subject to hydrolysis) is 1. The second-order valence-electron chi connectivity index (χ2n) is 5.70. The Morgan fingerprint density at radius 1 is 1.22 bits per heavy atom. The van der Waals surface area contributed by atoms with Gasteiger partial charge >= 0.3 is 6.09 Å². The lowest BCUT2D eigenvalue weighted by Crippen LogP contribution is -2.29. The highest BCUT2D eigenvalue weighted by molar-refractivity contribution is 5.69. The van der Waals surface area contributed by atoms with E-state index in [9.17, 15) is 4.79 Å². The molecule has 2 aromatic rings. The Morgan fingerprint density at radius 2 is 2.09 bits per heavy atom. The average Bonchev–Trinajstić information content (AvgIpc) is 3.25. The van der Waals surface area contributed by atoms with Crippen LogP contribution in [0, 0.1) is 0 Å². The Balaban J connectivity index is 1.49. The molecule has 0 aliphatic carbocycles. The van der Waals surface area contributed by atoms with E-state index >= 15 is 0 Å². The summed E-state index contributed by atoms with van der Waals surface area (Å²) < 4.78 is 10.0. The van der Waals surface area contributed by atoms with Crippen LogP contribution in [0.1, 0.15) is 31.2 Å². The quantitative estimate of drug-likeness (QED) is 0.924. The molecule has 0 radical (unpaired) electrons. The standard InChI is InChI=1S/C15H17N5O3/c21-15-17-11(9-22-15)14-18-13(19-23-14)10-4-5-12(16-8-10)20-6-2-1-3-7-20/h4-5,8,11H,1-3,6-7,9H2,(H,17,21)/t11-/m1/s1. The molecule has 0 bridgehead atoms. The molecule has 2 aliphatic rings. The van der Waals surface area contributed by atoms with Crippen molar-refractivity contribution in [2.75, 3.05) is 24.6 Å². The number of rotatable bonds is 3. The minimum atomic E-state index is -0.470. The van der Waals surface area contributed by atoms with E-state index in [2.05, 4.69) is 25.3 Å². The highest BCUT2D eigenvalue weighted by atomic mass is 16.6. The maximum Gasteiger partial charge on any atom is 0.407 e. The summed E-state index contributed by atoms with van der Waals surface area (Å²) in [7, 11) is 0. The first-order valence-electron chi connectivity index (χ1n) is 7.78. The van der Waals surface area contributed by atoms with Gasteiger partial charge in [-0.25, -0.2) is 9.78 Å². The van der Waals surface area contributed by atoms with Crippen molar-refractivity contribution in [3.63, 3.8) is 0 Å². The predicted molar refractivity (Wildman–Crippen MR) is 80.8 cm³/mol. The molecule has 4 rings (SSSR count). The lowest BCUT2D eigenvalue weighted by Gasteiger charge is -2.27. The molecule has 0 spiro atoms. The summed E-state index contributed by atoms with van der Waals surface area (Å²) in [5, 5.41) is 6.56. The Hall–Kier alpha value is -2.64. The molecular formula is C15H17N5O3. The molecule has 1 atom stereocenters. The monoisotopic (exact) mass is 315 g/mol. The second kappa shape index (κ2) is 5.86. The number of amides is 1. The summed E-state index contributed by atoms with van der Waals surface area (Å²) in [6, 6.07) is 3.54. The Kier molecular flexibility index (Phi) is 3.57. The van der Waals surface area contributed by atoms with Gasteiger partial charge in [-0.3, -0.25) is 0 Å². The number of pyridine rings is 1. The molecule has 120 valence electrons. The van der Waals surface area contributed by atoms with E-state index in [0.29, 0.717) is 11.7 Å². The SMILES string of the molecule is O=C1N[C@@H](c2nc(-c3ccc(N4CCCCC4)nc3)no2)CO1. The van der Waals surface area contributed by atoms with E-state index in [-0.39, 0.29) is 12.6 Å². The minimum Gasteiger partial charge on any atom is -0.447 e. The van der Waals surface area contributed by atoms with Gasteiger partial charge in [-0.2, -0.15) is 4.98 Å². The van der Waals surface area contributed by atoms with Crippen molar-refractivity contribution in [1.29, 1.82) is 0 Å². The number of nitrogens with zero attached hydrogens (tertiary/aromatic N) is 4. The molecule has 0 aromatic carbocycles. The van der Waals surface area contributed by atoms with Gasteiger partial charge in [0.1, 0.15) is 18.5 Å². The molecule has 0 unspecified atom stereocenters. The highest BCUT2D eigenvalue weighted by Gasteiger charge is 2.29. The summed E-state index contributed by atoms with van der Waals surface area (Å²) in [5.41, 5.74) is 0.783. The van der Waals surface area contributed by atoms with Crippen LogP contribution in [0.25, 0.3) is 11.4 Å². The number of carbonyl (C=O) groups excluding carboxylic acids is 1. The van der Waals surface area contributed by atoms with Gasteiger partial charge in [-0.15, -0.1) is 0 Å². The second-order valence-corrected chi connectivity index (χ2v) is 5.70. The van der Waals surface area contributed by atoms with Crippen LogP contribution in [0.15, 0.2) is 22.9 Å². The first-order valence-corrected chi connectivity index (χ1v) is 7.78. The van der Waals surface area contributed by atoms with Gasteiger partial charge in [-0.1, -0.05) is 5.16 Å². The first kappa shape index (κ1) is 14.0. The van der Waals surface area contributed by atoms with Crippen LogP contribution >= 0.6 is 0 Å². The van der Waals surface area contributed by atoms with Crippen LogP contribution < -0.4 is 10.2 Å². The molecular weight excluding hydrogens is 298 g/mol. The molecule has 1 N–H and O–H groups in total. The third-order valence-electron chi connectivity index (χ3n) is 4.10. The minimum absolute atomic E-state index is 0.201. The van der Waals surface area contributed by atoms with Gasteiger partial charge in [0.2, 0.25) is 5.82 Å². The Bertz CT molecular complexity index is 693. The summed E-state index contributed by atoms with van der Waals surface area (Å²) in [5.74, 6) is 1.78. The van der Waals surface area contributed by atoms with E-state index in [1.807, 2.05) is 12.1 Å². The van der Waals surface area contributed by atoms with Crippen molar-refractivity contribution in [2.24, 2.45) is 0 Å². The molecule has 2 saturated heterocycles. The van der Waals surface area contributed by atoms with Gasteiger partial charge in [0.25, 0.3) is 5.89 Å². The molecule has 4 heterocycles. The fraction of sp³-hybridized carbons (Fsp3) is 0.467. The summed E-state index contributed by atoms with van der Waals surface area (Å²) in [6.07, 6.45) is 5.01. The first-order chi connectivity index (χ1) is 11.3. The van der Waals surface area contributed by atoms with E-state index in [4.69, 9.17) is 9.26 Å². The maximum absolute atomic E-state index is 11.1. The molecule has 2 aromatic heterocycles. The number of piperidine rings is 1. The van der Waals surface area contributed by atoms with Crippen molar-refractivity contribution >= 4 is 11.9 Å². The summed E-state index contributed by atoms with van der Waals surface area (Å²) in [4.78, 5) is 22.2. The number of cyclic esters (lactones) is 1. The number of aromatic nitrogens is 3. The van der Waals surface area contributed by atoms with Crippen LogP contribution in [0.3, 0.4) is 0 Å². The number of ether oxygens (including phenoxy) is 1. The third kappa shape index (κ3) is 2.84. The molecule has 2 aliphatic heterocycles. The zero-order chi connectivity index (χ0) is 15.6. The summed E-state index contributed by atoms with van der Waals surface area (Å²) >= 11 is 0. The van der Waals surface area contributed by atoms with Crippen molar-refractivity contribution in [3.05, 3.63) is 24.2 Å². The molecule has 8 nitrogen and oxygen atoms in total.